The highest BCUT2D eigenvalue weighted by molar-refractivity contribution is 5.65. The lowest BCUT2D eigenvalue weighted by atomic mass is 9.77. The third kappa shape index (κ3) is 4.24. The Morgan fingerprint density at radius 2 is 1.21 bits per heavy atom. The van der Waals surface area contributed by atoms with E-state index in [1.54, 1.807) is 0 Å². The monoisotopic (exact) mass is 581 g/mol. The van der Waals surface area contributed by atoms with Crippen molar-refractivity contribution in [3.63, 3.8) is 0 Å². The zero-order chi connectivity index (χ0) is 32.6. The Bertz CT molecular complexity index is 1880. The van der Waals surface area contributed by atoms with Crippen LogP contribution in [0, 0.1) is 0 Å². The van der Waals surface area contributed by atoms with Crippen molar-refractivity contribution in [1.29, 1.82) is 0 Å². The minimum Gasteiger partial charge on any atom is -0.508 e. The molecule has 12 heteroatoms. The second kappa shape index (κ2) is 9.72. The minimum atomic E-state index is -1.86. The molecule has 4 aromatic rings. The molecule has 0 unspecified atom stereocenters. The van der Waals surface area contributed by atoms with Gasteiger partial charge in [0.1, 0.15) is 46.7 Å². The van der Waals surface area contributed by atoms with E-state index in [0.29, 0.717) is 0 Å². The van der Waals surface area contributed by atoms with Gasteiger partial charge in [-0.3, -0.25) is 0 Å². The van der Waals surface area contributed by atoms with E-state index >= 15 is 0 Å². The van der Waals surface area contributed by atoms with Crippen molar-refractivity contribution in [1.82, 2.24) is 0 Å². The smallest absolute Gasteiger partial charge is 0.157 e. The maximum absolute atomic E-state index is 11.8. The molecule has 2 aliphatic rings. The van der Waals surface area contributed by atoms with Gasteiger partial charge in [0.2, 0.25) is 0 Å². The minimum absolute atomic E-state index is 0.0359. The number of phenols is 8. The Balaban J connectivity index is 1.63. The quantitative estimate of drug-likeness (QED) is 0.158. The van der Waals surface area contributed by atoms with Crippen molar-refractivity contribution in [3.8, 4) is 57.5 Å². The Labute approximate surface area is 241 Å². The van der Waals surface area contributed by atoms with Crippen LogP contribution >= 0.6 is 0 Å². The molecule has 10 N–H and O–H groups in total. The molecular weight excluding hydrogens is 552 g/mol. The fourth-order valence-electron chi connectivity index (χ4n) is 5.49. The van der Waals surface area contributed by atoms with Crippen LogP contribution in [0.5, 0.6) is 57.5 Å². The molecule has 5 atom stereocenters. The molecule has 0 aromatic heterocycles. The van der Waals surface area contributed by atoms with Gasteiger partial charge in [-0.15, -0.1) is 0 Å². The van der Waals surface area contributed by atoms with Crippen LogP contribution in [-0.2, 0) is 6.42 Å². The Kier molecular flexibility index (Phi) is 5.44. The van der Waals surface area contributed by atoms with Crippen LogP contribution in [-0.4, -0.2) is 63.3 Å². The third-order valence-corrected chi connectivity index (χ3v) is 7.45. The topological polar surface area (TPSA) is 221 Å². The number of phenolic OH excluding ortho intramolecular Hbond substituents is 8. The Morgan fingerprint density at radius 3 is 1.83 bits per heavy atom. The molecule has 0 saturated heterocycles. The summed E-state index contributed by atoms with van der Waals surface area (Å²) in [6.07, 6.45) is -6.45. The maximum Gasteiger partial charge on any atom is 0.157 e. The standard InChI is InChI=1S/C30H26O12/c31-13-7-20(37)24-23(8-13)41-29(12-2-4-16(33)19(36)6-12)27(40)26(24)25-21(38)10-17(34)14-9-22(39)28(42-30(14)25)11-1-3-15(32)18(35)5-11/h1-8,10,22,26-29,31-40H,9H2/t22-,26+,27+,28+,29+/m0/s1/i7D,8D,10D. The van der Waals surface area contributed by atoms with Gasteiger partial charge in [0.05, 0.1) is 16.1 Å². The Morgan fingerprint density at radius 1 is 0.619 bits per heavy atom. The van der Waals surface area contributed by atoms with Crippen LogP contribution in [0.15, 0.2) is 54.5 Å². The number of aliphatic hydroxyl groups excluding tert-OH is 2. The molecule has 4 aromatic carbocycles. The summed E-state index contributed by atoms with van der Waals surface area (Å²) in [5.74, 6) is -8.30. The summed E-state index contributed by atoms with van der Waals surface area (Å²) in [6, 6.07) is 4.50. The SMILES string of the molecule is [2H]c1c(O)c([2H])c2c(c1O)[C@H](c1c(O)c([2H])c(O)c3c1O[C@H](c1ccc(O)c(O)c1)[C@@H](O)C3)[C@@H](O)[C@@H](c1ccc(O)c(O)c1)O2. The van der Waals surface area contributed by atoms with Gasteiger partial charge in [-0.2, -0.15) is 0 Å². The number of benzene rings is 4. The molecule has 0 radical (unpaired) electrons. The molecule has 0 amide bonds. The van der Waals surface area contributed by atoms with E-state index in [4.69, 9.17) is 13.6 Å². The first kappa shape index (κ1) is 23.5. The predicted octanol–water partition coefficient (Wildman–Crippen LogP) is 3.00. The number of hydrogen-bond acceptors (Lipinski definition) is 12. The van der Waals surface area contributed by atoms with E-state index in [2.05, 4.69) is 0 Å². The van der Waals surface area contributed by atoms with Crippen LogP contribution < -0.4 is 9.47 Å². The fraction of sp³-hybridized carbons (Fsp3) is 0.200. The molecule has 6 rings (SSSR count). The van der Waals surface area contributed by atoms with Crippen molar-refractivity contribution in [2.24, 2.45) is 0 Å². The lowest BCUT2D eigenvalue weighted by Crippen LogP contribution is -2.36. The van der Waals surface area contributed by atoms with E-state index in [9.17, 15) is 51.1 Å². The molecule has 218 valence electrons. The fourth-order valence-corrected chi connectivity index (χ4v) is 5.49. The van der Waals surface area contributed by atoms with E-state index in [-0.39, 0.29) is 28.9 Å². The predicted molar refractivity (Wildman–Crippen MR) is 143 cm³/mol. The van der Waals surface area contributed by atoms with Gasteiger partial charge in [0, 0.05) is 41.2 Å². The first-order valence-corrected chi connectivity index (χ1v) is 12.6. The average molecular weight is 582 g/mol. The molecule has 2 heterocycles. The molecule has 42 heavy (non-hydrogen) atoms. The first-order chi connectivity index (χ1) is 21.2. The van der Waals surface area contributed by atoms with Crippen molar-refractivity contribution in [2.75, 3.05) is 0 Å². The summed E-state index contributed by atoms with van der Waals surface area (Å²) < 4.78 is 37.0. The van der Waals surface area contributed by atoms with Crippen molar-refractivity contribution in [2.45, 2.75) is 36.8 Å². The molecule has 12 nitrogen and oxygen atoms in total. The zero-order valence-electron chi connectivity index (χ0n) is 24.3. The summed E-state index contributed by atoms with van der Waals surface area (Å²) in [5, 5.41) is 106. The second-order valence-electron chi connectivity index (χ2n) is 10.0. The molecule has 0 aliphatic carbocycles. The highest BCUT2D eigenvalue weighted by atomic mass is 16.5. The van der Waals surface area contributed by atoms with Gasteiger partial charge in [0.25, 0.3) is 0 Å². The van der Waals surface area contributed by atoms with Gasteiger partial charge in [-0.05, 0) is 35.4 Å². The maximum atomic E-state index is 11.8. The lowest BCUT2D eigenvalue weighted by molar-refractivity contribution is 0.00115. The van der Waals surface area contributed by atoms with Gasteiger partial charge in [0.15, 0.2) is 29.1 Å². The molecule has 0 fully saturated rings. The molecular formula is C30H26O12. The number of fused-ring (bicyclic) bond motifs is 2. The Hall–Kier alpha value is -5.20. The van der Waals surface area contributed by atoms with E-state index in [1.165, 1.54) is 12.1 Å². The van der Waals surface area contributed by atoms with Crippen LogP contribution in [0.25, 0.3) is 0 Å². The number of hydrogen-bond donors (Lipinski definition) is 10. The normalized spacial score (nSPS) is 23.9. The molecule has 0 saturated carbocycles. The lowest BCUT2D eigenvalue weighted by Gasteiger charge is -2.40. The van der Waals surface area contributed by atoms with E-state index in [1.807, 2.05) is 0 Å². The van der Waals surface area contributed by atoms with Crippen LogP contribution in [0.2, 0.25) is 0 Å². The average Bonchev–Trinajstić information content (AvgIpc) is 3.01. The zero-order valence-corrected chi connectivity index (χ0v) is 21.3. The van der Waals surface area contributed by atoms with E-state index in [0.717, 1.165) is 24.3 Å². The van der Waals surface area contributed by atoms with Crippen molar-refractivity contribution in [3.05, 3.63) is 82.3 Å². The number of rotatable bonds is 3. The van der Waals surface area contributed by atoms with Crippen molar-refractivity contribution >= 4 is 0 Å². The van der Waals surface area contributed by atoms with Gasteiger partial charge < -0.3 is 60.5 Å². The van der Waals surface area contributed by atoms with Gasteiger partial charge in [-0.25, -0.2) is 0 Å². The highest BCUT2D eigenvalue weighted by Gasteiger charge is 2.46. The second-order valence-corrected chi connectivity index (χ2v) is 10.0. The summed E-state index contributed by atoms with van der Waals surface area (Å²) in [6.45, 7) is 0. The summed E-state index contributed by atoms with van der Waals surface area (Å²) in [5.41, 5.74) is -0.852. The van der Waals surface area contributed by atoms with Crippen LogP contribution in [0.3, 0.4) is 0 Å². The van der Waals surface area contributed by atoms with Crippen LogP contribution in [0.4, 0.5) is 0 Å². The highest BCUT2D eigenvalue weighted by Crippen LogP contribution is 2.57. The van der Waals surface area contributed by atoms with Crippen LogP contribution in [0.1, 0.15) is 50.1 Å². The van der Waals surface area contributed by atoms with Crippen molar-refractivity contribution < 1.29 is 64.7 Å². The number of aliphatic hydroxyl groups is 2. The summed E-state index contributed by atoms with van der Waals surface area (Å²) in [4.78, 5) is 0. The summed E-state index contributed by atoms with van der Waals surface area (Å²) >= 11 is 0. The van der Waals surface area contributed by atoms with E-state index < -0.39 is 111 Å². The largest absolute Gasteiger partial charge is 0.508 e. The van der Waals surface area contributed by atoms with Gasteiger partial charge >= 0.3 is 0 Å². The van der Waals surface area contributed by atoms with Gasteiger partial charge in [-0.1, -0.05) is 12.1 Å². The molecule has 0 spiro atoms. The summed E-state index contributed by atoms with van der Waals surface area (Å²) in [7, 11) is 0. The number of aromatic hydroxyl groups is 8. The first-order valence-electron chi connectivity index (χ1n) is 14.1. The number of ether oxygens (including phenoxy) is 2. The third-order valence-electron chi connectivity index (χ3n) is 7.45. The molecule has 0 bridgehead atoms. The molecule has 2 aliphatic heterocycles.